The van der Waals surface area contributed by atoms with Crippen LogP contribution in [-0.4, -0.2) is 9.13 Å². The Hall–Kier alpha value is -6.64. The first kappa shape index (κ1) is 29.9. The van der Waals surface area contributed by atoms with E-state index in [1.54, 1.807) is 0 Å². The van der Waals surface area contributed by atoms with Gasteiger partial charge in [0, 0.05) is 32.6 Å². The molecule has 2 nitrogen and oxygen atoms in total. The lowest BCUT2D eigenvalue weighted by atomic mass is 9.52. The molecule has 2 aromatic heterocycles. The van der Waals surface area contributed by atoms with Gasteiger partial charge in [-0.25, -0.2) is 0 Å². The molecule has 0 saturated carbocycles. The average molecular weight is 689 g/mol. The van der Waals surface area contributed by atoms with Crippen LogP contribution in [0.15, 0.2) is 182 Å². The van der Waals surface area contributed by atoms with Gasteiger partial charge in [0.15, 0.2) is 0 Å². The molecule has 8 aromatic carbocycles. The van der Waals surface area contributed by atoms with Crippen molar-refractivity contribution in [3.05, 3.63) is 215 Å². The van der Waals surface area contributed by atoms with Gasteiger partial charge in [0.1, 0.15) is 0 Å². The zero-order chi connectivity index (χ0) is 35.8. The molecule has 0 bridgehead atoms. The van der Waals surface area contributed by atoms with Crippen LogP contribution >= 0.6 is 0 Å². The van der Waals surface area contributed by atoms with Gasteiger partial charge in [-0.1, -0.05) is 159 Å². The number of para-hydroxylation sites is 5. The second kappa shape index (κ2) is 10.5. The molecule has 1 unspecified atom stereocenters. The SMILES string of the molecule is CC1(C)c2ccccc2C2(c3ccccc3-n3c4ccccc4c4cccc2c43)c2cccc(-c3ccc4c5ccccc5n(-c5ccccc5)c4c3)c21. The Morgan fingerprint density at radius 1 is 0.389 bits per heavy atom. The van der Waals surface area contributed by atoms with E-state index in [0.717, 1.165) is 0 Å². The number of aromatic nitrogens is 2. The topological polar surface area (TPSA) is 9.86 Å². The summed E-state index contributed by atoms with van der Waals surface area (Å²) in [5, 5.41) is 5.14. The molecule has 0 N–H and O–H groups in total. The first-order chi connectivity index (χ1) is 26.6. The summed E-state index contributed by atoms with van der Waals surface area (Å²) in [6, 6.07) is 68.2. The van der Waals surface area contributed by atoms with E-state index in [1.165, 1.54) is 99.5 Å². The molecule has 1 aliphatic carbocycles. The van der Waals surface area contributed by atoms with E-state index < -0.39 is 5.41 Å². The highest BCUT2D eigenvalue weighted by Gasteiger charge is 2.53. The molecule has 0 radical (unpaired) electrons. The fourth-order valence-corrected chi connectivity index (χ4v) is 10.7. The van der Waals surface area contributed by atoms with Gasteiger partial charge in [-0.3, -0.25) is 0 Å². The minimum atomic E-state index is -0.527. The maximum atomic E-state index is 2.53. The molecule has 2 aliphatic rings. The van der Waals surface area contributed by atoms with Gasteiger partial charge in [0.2, 0.25) is 0 Å². The molecule has 254 valence electrons. The first-order valence-corrected chi connectivity index (χ1v) is 19.0. The Labute approximate surface area is 314 Å². The molecule has 0 saturated heterocycles. The number of fused-ring (bicyclic) bond motifs is 14. The Balaban J connectivity index is 1.23. The molecular weight excluding hydrogens is 653 g/mol. The number of benzene rings is 8. The summed E-state index contributed by atoms with van der Waals surface area (Å²) in [5.41, 5.74) is 17.3. The first-order valence-electron chi connectivity index (χ1n) is 19.0. The van der Waals surface area contributed by atoms with Crippen molar-refractivity contribution in [1.29, 1.82) is 0 Å². The summed E-state index contributed by atoms with van der Waals surface area (Å²) in [4.78, 5) is 0. The maximum Gasteiger partial charge on any atom is 0.0748 e. The molecule has 1 aliphatic heterocycles. The fraction of sp³-hybridized carbons (Fsp3) is 0.0769. The second-order valence-corrected chi connectivity index (χ2v) is 15.6. The van der Waals surface area contributed by atoms with Crippen molar-refractivity contribution in [2.75, 3.05) is 0 Å². The van der Waals surface area contributed by atoms with Crippen LogP contribution in [-0.2, 0) is 10.8 Å². The predicted molar refractivity (Wildman–Crippen MR) is 225 cm³/mol. The van der Waals surface area contributed by atoms with Crippen molar-refractivity contribution in [1.82, 2.24) is 9.13 Å². The fourth-order valence-electron chi connectivity index (χ4n) is 10.7. The van der Waals surface area contributed by atoms with Crippen molar-refractivity contribution in [2.24, 2.45) is 0 Å². The van der Waals surface area contributed by atoms with Gasteiger partial charge >= 0.3 is 0 Å². The van der Waals surface area contributed by atoms with Crippen LogP contribution < -0.4 is 0 Å². The Morgan fingerprint density at radius 3 is 1.78 bits per heavy atom. The van der Waals surface area contributed by atoms with E-state index in [0.29, 0.717) is 0 Å². The Morgan fingerprint density at radius 2 is 0.963 bits per heavy atom. The molecule has 10 aromatic rings. The van der Waals surface area contributed by atoms with Crippen LogP contribution in [0.1, 0.15) is 47.2 Å². The molecule has 1 atom stereocenters. The van der Waals surface area contributed by atoms with Gasteiger partial charge in [0.25, 0.3) is 0 Å². The summed E-state index contributed by atoms with van der Waals surface area (Å²) < 4.78 is 4.96. The van der Waals surface area contributed by atoms with E-state index in [1.807, 2.05) is 0 Å². The van der Waals surface area contributed by atoms with Crippen molar-refractivity contribution < 1.29 is 0 Å². The molecule has 0 amide bonds. The van der Waals surface area contributed by atoms with E-state index in [2.05, 4.69) is 205 Å². The third-order valence-corrected chi connectivity index (χ3v) is 12.7. The van der Waals surface area contributed by atoms with Crippen LogP contribution in [0.3, 0.4) is 0 Å². The van der Waals surface area contributed by atoms with Gasteiger partial charge in [-0.2, -0.15) is 0 Å². The van der Waals surface area contributed by atoms with Crippen molar-refractivity contribution in [2.45, 2.75) is 24.7 Å². The quantitative estimate of drug-likeness (QED) is 0.171. The van der Waals surface area contributed by atoms with Gasteiger partial charge in [-0.15, -0.1) is 0 Å². The van der Waals surface area contributed by atoms with E-state index >= 15 is 0 Å². The van der Waals surface area contributed by atoms with E-state index in [-0.39, 0.29) is 5.41 Å². The van der Waals surface area contributed by atoms with Crippen LogP contribution in [0.4, 0.5) is 0 Å². The predicted octanol–water partition coefficient (Wildman–Crippen LogP) is 12.9. The highest BCUT2D eigenvalue weighted by atomic mass is 15.0. The van der Waals surface area contributed by atoms with Crippen LogP contribution in [0, 0.1) is 0 Å². The van der Waals surface area contributed by atoms with E-state index in [9.17, 15) is 0 Å². The molecular formula is C52H36N2. The zero-order valence-corrected chi connectivity index (χ0v) is 30.2. The average Bonchev–Trinajstić information content (AvgIpc) is 3.74. The Kier molecular flexibility index (Phi) is 5.81. The summed E-state index contributed by atoms with van der Waals surface area (Å²) in [6.45, 7) is 4.87. The number of rotatable bonds is 2. The molecule has 1 spiro atoms. The number of hydrogen-bond donors (Lipinski definition) is 0. The molecule has 3 heterocycles. The van der Waals surface area contributed by atoms with Gasteiger partial charge in [0.05, 0.1) is 33.2 Å². The summed E-state index contributed by atoms with van der Waals surface area (Å²) in [5.74, 6) is 0. The summed E-state index contributed by atoms with van der Waals surface area (Å²) >= 11 is 0. The van der Waals surface area contributed by atoms with Gasteiger partial charge in [-0.05, 0) is 80.9 Å². The molecule has 0 fully saturated rings. The molecule has 12 rings (SSSR count). The normalized spacial score (nSPS) is 16.6. The minimum Gasteiger partial charge on any atom is -0.309 e. The van der Waals surface area contributed by atoms with Crippen LogP contribution in [0.2, 0.25) is 0 Å². The summed E-state index contributed by atoms with van der Waals surface area (Å²) in [7, 11) is 0. The lowest BCUT2D eigenvalue weighted by Gasteiger charge is -2.50. The lowest BCUT2D eigenvalue weighted by molar-refractivity contribution is 0.558. The summed E-state index contributed by atoms with van der Waals surface area (Å²) in [6.07, 6.45) is 0. The lowest BCUT2D eigenvalue weighted by Crippen LogP contribution is -2.44. The monoisotopic (exact) mass is 688 g/mol. The minimum absolute atomic E-state index is 0.276. The van der Waals surface area contributed by atoms with Crippen molar-refractivity contribution in [3.63, 3.8) is 0 Å². The maximum absolute atomic E-state index is 2.53. The zero-order valence-electron chi connectivity index (χ0n) is 30.2. The molecule has 2 heteroatoms. The standard InChI is InChI=1S/C52H36N2/c1-51(2)40-22-8-9-23-41(40)52(42-24-10-13-29-47(42)54-46-28-12-7-19-37(46)39-21-15-26-44(52)50(39)54)43-25-14-20-35(49(43)51)33-30-31-38-36-18-6-11-27-45(36)53(48(38)32-33)34-16-4-3-5-17-34/h3-32H,1-2H3. The van der Waals surface area contributed by atoms with Gasteiger partial charge < -0.3 is 9.13 Å². The third kappa shape index (κ3) is 3.56. The van der Waals surface area contributed by atoms with Crippen molar-refractivity contribution in [3.8, 4) is 22.5 Å². The smallest absolute Gasteiger partial charge is 0.0748 e. The molecule has 54 heavy (non-hydrogen) atoms. The van der Waals surface area contributed by atoms with Crippen LogP contribution in [0.5, 0.6) is 0 Å². The Bertz CT molecular complexity index is 3190. The van der Waals surface area contributed by atoms with Crippen LogP contribution in [0.25, 0.3) is 66.1 Å². The highest BCUT2D eigenvalue weighted by molar-refractivity contribution is 6.13. The van der Waals surface area contributed by atoms with E-state index in [4.69, 9.17) is 0 Å². The number of hydrogen-bond acceptors (Lipinski definition) is 0. The van der Waals surface area contributed by atoms with Crippen molar-refractivity contribution >= 4 is 43.6 Å². The largest absolute Gasteiger partial charge is 0.309 e. The highest BCUT2D eigenvalue weighted by Crippen LogP contribution is 2.61. The number of nitrogens with zero attached hydrogens (tertiary/aromatic N) is 2. The third-order valence-electron chi connectivity index (χ3n) is 12.7. The second-order valence-electron chi connectivity index (χ2n) is 15.6.